The van der Waals surface area contributed by atoms with Gasteiger partial charge in [0.05, 0.1) is 5.69 Å². The molecule has 0 bridgehead atoms. The lowest BCUT2D eigenvalue weighted by Gasteiger charge is -2.20. The summed E-state index contributed by atoms with van der Waals surface area (Å²) in [4.78, 5) is 23.6. The summed E-state index contributed by atoms with van der Waals surface area (Å²) in [5, 5.41) is 8.38. The number of nitrogens with one attached hydrogen (secondary N) is 1. The van der Waals surface area contributed by atoms with Gasteiger partial charge in [0, 0.05) is 17.4 Å². The van der Waals surface area contributed by atoms with Crippen molar-refractivity contribution in [3.8, 4) is 0 Å². The number of rotatable bonds is 5. The Morgan fingerprint density at radius 3 is 2.67 bits per heavy atom. The molecule has 0 saturated carbocycles. The molecule has 7 heteroatoms. The van der Waals surface area contributed by atoms with Crippen molar-refractivity contribution in [3.63, 3.8) is 0 Å². The minimum absolute atomic E-state index is 0.185. The maximum absolute atomic E-state index is 12.0. The summed E-state index contributed by atoms with van der Waals surface area (Å²) in [6, 6.07) is 8.48. The molecule has 110 valence electrons. The molecule has 0 unspecified atom stereocenters. The first kappa shape index (κ1) is 15.2. The summed E-state index contributed by atoms with van der Waals surface area (Å²) in [5.74, 6) is -0.851. The highest BCUT2D eigenvalue weighted by molar-refractivity contribution is 9.11. The normalized spacial score (nSPS) is 17.3. The van der Waals surface area contributed by atoms with Crippen molar-refractivity contribution < 1.29 is 9.59 Å². The van der Waals surface area contributed by atoms with Crippen molar-refractivity contribution in [2.45, 2.75) is 12.5 Å². The van der Waals surface area contributed by atoms with Gasteiger partial charge in [-0.2, -0.15) is 5.10 Å². The molecule has 2 rings (SSSR count). The topological polar surface area (TPSA) is 87.8 Å². The van der Waals surface area contributed by atoms with E-state index in [9.17, 15) is 9.59 Å². The first-order chi connectivity index (χ1) is 9.99. The monoisotopic (exact) mass is 350 g/mol. The van der Waals surface area contributed by atoms with E-state index in [0.717, 1.165) is 0 Å². The number of hydrogen-bond donors (Lipinski definition) is 2. The number of hydrazone groups is 1. The SMILES string of the molecule is C=C(Br)CNC(=O)C1=NN(c2ccccc2)[C@H](C(N)=O)C1. The van der Waals surface area contributed by atoms with Gasteiger partial charge in [-0.1, -0.05) is 40.7 Å². The Labute approximate surface area is 130 Å². The fourth-order valence-electron chi connectivity index (χ4n) is 1.97. The van der Waals surface area contributed by atoms with Crippen LogP contribution in [0.2, 0.25) is 0 Å². The van der Waals surface area contributed by atoms with Crippen molar-refractivity contribution in [3.05, 3.63) is 41.4 Å². The summed E-state index contributed by atoms with van der Waals surface area (Å²) < 4.78 is 0.654. The second-order valence-electron chi connectivity index (χ2n) is 4.55. The van der Waals surface area contributed by atoms with Crippen molar-refractivity contribution in [1.82, 2.24) is 5.32 Å². The number of hydrogen-bond acceptors (Lipinski definition) is 4. The van der Waals surface area contributed by atoms with Gasteiger partial charge in [0.15, 0.2) is 0 Å². The molecule has 1 aliphatic rings. The third kappa shape index (κ3) is 3.69. The van der Waals surface area contributed by atoms with E-state index in [4.69, 9.17) is 5.73 Å². The molecule has 2 amide bonds. The lowest BCUT2D eigenvalue weighted by atomic mass is 10.1. The highest BCUT2D eigenvalue weighted by Gasteiger charge is 2.34. The Hall–Kier alpha value is -2.15. The van der Waals surface area contributed by atoms with E-state index >= 15 is 0 Å². The zero-order chi connectivity index (χ0) is 15.4. The van der Waals surface area contributed by atoms with Crippen LogP contribution in [0.5, 0.6) is 0 Å². The lowest BCUT2D eigenvalue weighted by molar-refractivity contribution is -0.119. The number of nitrogens with two attached hydrogens (primary N) is 1. The van der Waals surface area contributed by atoms with E-state index in [0.29, 0.717) is 16.7 Å². The van der Waals surface area contributed by atoms with Crippen LogP contribution < -0.4 is 16.1 Å². The molecule has 0 radical (unpaired) electrons. The molecule has 0 fully saturated rings. The number of nitrogens with zero attached hydrogens (tertiary/aromatic N) is 2. The largest absolute Gasteiger partial charge is 0.368 e. The van der Waals surface area contributed by atoms with Crippen LogP contribution in [0.1, 0.15) is 6.42 Å². The van der Waals surface area contributed by atoms with Gasteiger partial charge in [0.1, 0.15) is 11.8 Å². The van der Waals surface area contributed by atoms with E-state index in [1.54, 1.807) is 12.1 Å². The molecule has 0 aromatic heterocycles. The van der Waals surface area contributed by atoms with Crippen LogP contribution in [0.25, 0.3) is 0 Å². The van der Waals surface area contributed by atoms with Crippen LogP contribution in [0.3, 0.4) is 0 Å². The van der Waals surface area contributed by atoms with Crippen molar-refractivity contribution in [1.29, 1.82) is 0 Å². The zero-order valence-electron chi connectivity index (χ0n) is 11.3. The number of para-hydroxylation sites is 1. The van der Waals surface area contributed by atoms with Gasteiger partial charge in [0.2, 0.25) is 5.91 Å². The summed E-state index contributed by atoms with van der Waals surface area (Å²) in [5.41, 5.74) is 6.39. The molecule has 21 heavy (non-hydrogen) atoms. The lowest BCUT2D eigenvalue weighted by Crippen LogP contribution is -2.40. The predicted octanol–water partition coefficient (Wildman–Crippen LogP) is 1.13. The Kier molecular flexibility index (Phi) is 4.74. The van der Waals surface area contributed by atoms with Crippen LogP contribution in [-0.4, -0.2) is 30.1 Å². The van der Waals surface area contributed by atoms with Crippen molar-refractivity contribution in [2.24, 2.45) is 10.8 Å². The molecule has 1 atom stereocenters. The quantitative estimate of drug-likeness (QED) is 0.834. The fourth-order valence-corrected chi connectivity index (χ4v) is 2.11. The third-order valence-electron chi connectivity index (χ3n) is 2.96. The average molecular weight is 351 g/mol. The van der Waals surface area contributed by atoms with E-state index in [1.165, 1.54) is 5.01 Å². The Bertz CT molecular complexity index is 600. The van der Waals surface area contributed by atoms with Crippen molar-refractivity contribution in [2.75, 3.05) is 11.6 Å². The molecular formula is C14H15BrN4O2. The maximum atomic E-state index is 12.0. The van der Waals surface area contributed by atoms with Gasteiger partial charge >= 0.3 is 0 Å². The van der Waals surface area contributed by atoms with E-state index < -0.39 is 11.9 Å². The summed E-state index contributed by atoms with van der Waals surface area (Å²) >= 11 is 3.16. The number of carbonyl (C=O) groups excluding carboxylic acids is 2. The zero-order valence-corrected chi connectivity index (χ0v) is 12.8. The van der Waals surface area contributed by atoms with E-state index in [1.807, 2.05) is 18.2 Å². The summed E-state index contributed by atoms with van der Waals surface area (Å²) in [6.07, 6.45) is 0.185. The number of anilines is 1. The number of primary amides is 1. The van der Waals surface area contributed by atoms with Gasteiger partial charge in [0.25, 0.3) is 5.91 Å². The second-order valence-corrected chi connectivity index (χ2v) is 5.67. The molecule has 1 heterocycles. The molecule has 1 aromatic rings. The van der Waals surface area contributed by atoms with Crippen LogP contribution >= 0.6 is 15.9 Å². The predicted molar refractivity (Wildman–Crippen MR) is 85.0 cm³/mol. The highest BCUT2D eigenvalue weighted by Crippen LogP contribution is 2.24. The van der Waals surface area contributed by atoms with Crippen molar-refractivity contribution >= 4 is 39.1 Å². The molecule has 1 aliphatic heterocycles. The number of carbonyl (C=O) groups is 2. The molecule has 6 nitrogen and oxygen atoms in total. The number of amides is 2. The molecule has 0 saturated heterocycles. The number of benzene rings is 1. The molecule has 3 N–H and O–H groups in total. The molecule has 1 aromatic carbocycles. The fraction of sp³-hybridized carbons (Fsp3) is 0.214. The number of halogens is 1. The van der Waals surface area contributed by atoms with E-state index in [2.05, 4.69) is 32.9 Å². The Morgan fingerprint density at radius 2 is 2.10 bits per heavy atom. The average Bonchev–Trinajstić information content (AvgIpc) is 2.91. The standard InChI is InChI=1S/C14H15BrN4O2/c1-9(15)8-17-14(21)11-7-12(13(16)20)19(18-11)10-5-3-2-4-6-10/h2-6,12H,1,7-8H2,(H2,16,20)(H,17,21)/t12-/m0/s1. The van der Waals surface area contributed by atoms with Gasteiger partial charge in [-0.3, -0.25) is 14.6 Å². The minimum atomic E-state index is -0.652. The Balaban J connectivity index is 2.19. The molecule has 0 aliphatic carbocycles. The molecule has 0 spiro atoms. The summed E-state index contributed by atoms with van der Waals surface area (Å²) in [6.45, 7) is 3.93. The molecular weight excluding hydrogens is 336 g/mol. The van der Waals surface area contributed by atoms with Gasteiger partial charge in [-0.15, -0.1) is 0 Å². The van der Waals surface area contributed by atoms with Gasteiger partial charge in [-0.25, -0.2) is 0 Å². The Morgan fingerprint density at radius 1 is 1.43 bits per heavy atom. The van der Waals surface area contributed by atoms with Crippen LogP contribution in [-0.2, 0) is 9.59 Å². The summed E-state index contributed by atoms with van der Waals surface area (Å²) in [7, 11) is 0. The van der Waals surface area contributed by atoms with E-state index in [-0.39, 0.29) is 18.0 Å². The first-order valence-electron chi connectivity index (χ1n) is 6.31. The van der Waals surface area contributed by atoms with Crippen LogP contribution in [0.4, 0.5) is 5.69 Å². The van der Waals surface area contributed by atoms with Crippen LogP contribution in [0, 0.1) is 0 Å². The highest BCUT2D eigenvalue weighted by atomic mass is 79.9. The maximum Gasteiger partial charge on any atom is 0.267 e. The van der Waals surface area contributed by atoms with Gasteiger partial charge in [-0.05, 0) is 12.1 Å². The minimum Gasteiger partial charge on any atom is -0.368 e. The second kappa shape index (κ2) is 6.53. The smallest absolute Gasteiger partial charge is 0.267 e. The third-order valence-corrected chi connectivity index (χ3v) is 3.24. The van der Waals surface area contributed by atoms with Gasteiger partial charge < -0.3 is 11.1 Å². The first-order valence-corrected chi connectivity index (χ1v) is 7.11. The van der Waals surface area contributed by atoms with Crippen LogP contribution in [0.15, 0.2) is 46.5 Å².